The average molecular weight is 519 g/mol. The van der Waals surface area contributed by atoms with Gasteiger partial charge in [-0.15, -0.1) is 11.3 Å². The van der Waals surface area contributed by atoms with Crippen molar-refractivity contribution < 1.29 is 28.4 Å². The number of hydrogen-bond acceptors (Lipinski definition) is 7. The van der Waals surface area contributed by atoms with Crippen LogP contribution in [0.15, 0.2) is 60.7 Å². The lowest BCUT2D eigenvalue weighted by atomic mass is 9.99. The molecule has 1 aliphatic rings. The molecule has 0 saturated heterocycles. The van der Waals surface area contributed by atoms with Crippen molar-refractivity contribution in [2.24, 2.45) is 0 Å². The van der Waals surface area contributed by atoms with Crippen LogP contribution in [0.25, 0.3) is 41.7 Å². The van der Waals surface area contributed by atoms with E-state index in [0.29, 0.717) is 66.1 Å². The molecule has 192 valence electrons. The lowest BCUT2D eigenvalue weighted by molar-refractivity contribution is -0.00698. The summed E-state index contributed by atoms with van der Waals surface area (Å²) < 4.78 is 37.1. The maximum absolute atomic E-state index is 6.05. The van der Waals surface area contributed by atoms with E-state index in [1.165, 1.54) is 41.7 Å². The Labute approximate surface area is 219 Å². The number of thiophene rings is 1. The molecule has 0 saturated carbocycles. The Kier molecular flexibility index (Phi) is 7.67. The summed E-state index contributed by atoms with van der Waals surface area (Å²) in [7, 11) is 0. The molecule has 0 unspecified atom stereocenters. The fourth-order valence-electron chi connectivity index (χ4n) is 4.74. The Bertz CT molecular complexity index is 1400. The zero-order valence-corrected chi connectivity index (χ0v) is 21.5. The van der Waals surface area contributed by atoms with Crippen LogP contribution in [-0.2, 0) is 18.9 Å². The molecule has 0 spiro atoms. The SMILES string of the molecule is c1cc2ccc3sc4ccc5ccc6cc5c4c3c2cc1OCCOCCOCCOCCOCCO6. The number of fused-ring (bicyclic) bond motifs is 2. The Morgan fingerprint density at radius 3 is 1.24 bits per heavy atom. The maximum Gasteiger partial charge on any atom is 0.120 e. The van der Waals surface area contributed by atoms with Crippen LogP contribution in [0.1, 0.15) is 0 Å². The molecular weight excluding hydrogens is 488 g/mol. The molecule has 6 rings (SSSR count). The van der Waals surface area contributed by atoms with Gasteiger partial charge in [0, 0.05) is 20.2 Å². The quantitative estimate of drug-likeness (QED) is 0.243. The molecule has 37 heavy (non-hydrogen) atoms. The molecule has 1 aliphatic heterocycles. The Morgan fingerprint density at radius 2 is 0.811 bits per heavy atom. The topological polar surface area (TPSA) is 55.4 Å². The summed E-state index contributed by atoms with van der Waals surface area (Å²) in [5.41, 5.74) is 0. The third-order valence-corrected chi connectivity index (χ3v) is 7.61. The van der Waals surface area contributed by atoms with E-state index in [4.69, 9.17) is 28.4 Å². The van der Waals surface area contributed by atoms with Crippen LogP contribution >= 0.6 is 11.3 Å². The van der Waals surface area contributed by atoms with E-state index in [1.54, 1.807) is 0 Å². The lowest BCUT2D eigenvalue weighted by Gasteiger charge is -2.11. The molecule has 6 nitrogen and oxygen atoms in total. The predicted molar refractivity (Wildman–Crippen MR) is 149 cm³/mol. The van der Waals surface area contributed by atoms with Crippen LogP contribution in [0, 0.1) is 0 Å². The number of ether oxygens (including phenoxy) is 6. The third kappa shape index (κ3) is 5.51. The van der Waals surface area contributed by atoms with E-state index in [2.05, 4.69) is 48.5 Å². The molecular formula is C30H30O6S. The monoisotopic (exact) mass is 518 g/mol. The first kappa shape index (κ1) is 24.4. The standard InChI is InChI=1S/C30H30O6S/c1-5-23-19-25-21(1)3-7-27-29(25)30-26-20-24(6-2-22(26)4-8-28(30)37-27)36-18-16-34-14-12-32-10-9-31-11-13-33-15-17-35-23/h1-8,19-20H,9-18H2. The van der Waals surface area contributed by atoms with Crippen LogP contribution in [0.4, 0.5) is 0 Å². The van der Waals surface area contributed by atoms with Crippen molar-refractivity contribution in [1.82, 2.24) is 0 Å². The van der Waals surface area contributed by atoms with Gasteiger partial charge in [0.15, 0.2) is 0 Å². The Morgan fingerprint density at radius 1 is 0.432 bits per heavy atom. The Hall–Kier alpha value is -2.94. The van der Waals surface area contributed by atoms with Crippen molar-refractivity contribution in [1.29, 1.82) is 0 Å². The number of benzene rings is 4. The van der Waals surface area contributed by atoms with Crippen molar-refractivity contribution in [3.8, 4) is 11.5 Å². The first-order valence-electron chi connectivity index (χ1n) is 12.8. The lowest BCUT2D eigenvalue weighted by Crippen LogP contribution is -2.14. The first-order chi connectivity index (χ1) is 18.4. The second kappa shape index (κ2) is 11.6. The summed E-state index contributed by atoms with van der Waals surface area (Å²) in [5, 5.41) is 7.30. The zero-order valence-electron chi connectivity index (χ0n) is 20.7. The van der Waals surface area contributed by atoms with E-state index in [0.717, 1.165) is 11.5 Å². The van der Waals surface area contributed by atoms with Gasteiger partial charge in [-0.25, -0.2) is 0 Å². The molecule has 0 fully saturated rings. The van der Waals surface area contributed by atoms with E-state index in [-0.39, 0.29) is 0 Å². The molecule has 0 amide bonds. The first-order valence-corrected chi connectivity index (χ1v) is 13.6. The largest absolute Gasteiger partial charge is 0.491 e. The van der Waals surface area contributed by atoms with Gasteiger partial charge in [0.25, 0.3) is 0 Å². The van der Waals surface area contributed by atoms with Gasteiger partial charge in [0.1, 0.15) is 24.7 Å². The van der Waals surface area contributed by atoms with Crippen molar-refractivity contribution >= 4 is 53.1 Å². The fraction of sp³-hybridized carbons (Fsp3) is 0.333. The highest BCUT2D eigenvalue weighted by Gasteiger charge is 2.13. The van der Waals surface area contributed by atoms with Gasteiger partial charge in [0.2, 0.25) is 0 Å². The number of hydrogen-bond donors (Lipinski definition) is 0. The molecule has 0 aliphatic carbocycles. The second-order valence-corrected chi connectivity index (χ2v) is 9.98. The van der Waals surface area contributed by atoms with Gasteiger partial charge < -0.3 is 28.4 Å². The Balaban J connectivity index is 1.37. The molecule has 7 heteroatoms. The molecule has 1 aromatic heterocycles. The van der Waals surface area contributed by atoms with Crippen LogP contribution in [0.2, 0.25) is 0 Å². The molecule has 0 N–H and O–H groups in total. The summed E-state index contributed by atoms with van der Waals surface area (Å²) in [5.74, 6) is 1.69. The van der Waals surface area contributed by atoms with E-state index in [1.807, 2.05) is 23.5 Å². The van der Waals surface area contributed by atoms with Gasteiger partial charge in [-0.05, 0) is 57.9 Å². The highest BCUT2D eigenvalue weighted by Crippen LogP contribution is 2.43. The van der Waals surface area contributed by atoms with Gasteiger partial charge in [-0.2, -0.15) is 0 Å². The second-order valence-electron chi connectivity index (χ2n) is 8.89. The number of rotatable bonds is 0. The van der Waals surface area contributed by atoms with Crippen LogP contribution in [0.3, 0.4) is 0 Å². The summed E-state index contributed by atoms with van der Waals surface area (Å²) in [4.78, 5) is 0. The molecule has 2 heterocycles. The van der Waals surface area contributed by atoms with E-state index >= 15 is 0 Å². The van der Waals surface area contributed by atoms with Crippen LogP contribution < -0.4 is 9.47 Å². The van der Waals surface area contributed by atoms with Gasteiger partial charge in [0.05, 0.1) is 52.9 Å². The minimum atomic E-state index is 0.485. The van der Waals surface area contributed by atoms with Gasteiger partial charge in [-0.3, -0.25) is 0 Å². The van der Waals surface area contributed by atoms with Gasteiger partial charge >= 0.3 is 0 Å². The molecule has 0 radical (unpaired) electrons. The van der Waals surface area contributed by atoms with Crippen LogP contribution in [-0.4, -0.2) is 66.1 Å². The normalized spacial score (nSPS) is 17.2. The minimum Gasteiger partial charge on any atom is -0.491 e. The third-order valence-electron chi connectivity index (χ3n) is 6.49. The average Bonchev–Trinajstić information content (AvgIpc) is 3.32. The summed E-state index contributed by atoms with van der Waals surface area (Å²) >= 11 is 1.82. The molecule has 4 aromatic carbocycles. The van der Waals surface area contributed by atoms with Crippen molar-refractivity contribution in [3.63, 3.8) is 0 Å². The summed E-state index contributed by atoms with van der Waals surface area (Å²) in [6, 6.07) is 21.5. The van der Waals surface area contributed by atoms with E-state index < -0.39 is 0 Å². The summed E-state index contributed by atoms with van der Waals surface area (Å²) in [6.45, 7) is 5.18. The highest BCUT2D eigenvalue weighted by molar-refractivity contribution is 7.26. The summed E-state index contributed by atoms with van der Waals surface area (Å²) in [6.07, 6.45) is 0. The highest BCUT2D eigenvalue weighted by atomic mass is 32.1. The molecule has 0 atom stereocenters. The van der Waals surface area contributed by atoms with E-state index in [9.17, 15) is 0 Å². The van der Waals surface area contributed by atoms with Crippen molar-refractivity contribution in [3.05, 3.63) is 60.7 Å². The predicted octanol–water partition coefficient (Wildman–Crippen LogP) is 6.20. The maximum atomic E-state index is 6.05. The smallest absolute Gasteiger partial charge is 0.120 e. The van der Waals surface area contributed by atoms with Crippen molar-refractivity contribution in [2.45, 2.75) is 0 Å². The molecule has 4 bridgehead atoms. The molecule has 5 aromatic rings. The van der Waals surface area contributed by atoms with Crippen LogP contribution in [0.5, 0.6) is 11.5 Å². The minimum absolute atomic E-state index is 0.485. The zero-order chi connectivity index (χ0) is 24.9. The van der Waals surface area contributed by atoms with Crippen molar-refractivity contribution in [2.75, 3.05) is 66.1 Å². The van der Waals surface area contributed by atoms with Gasteiger partial charge in [-0.1, -0.05) is 24.3 Å². The fourth-order valence-corrected chi connectivity index (χ4v) is 5.88.